The van der Waals surface area contributed by atoms with Crippen LogP contribution in [0.4, 0.5) is 0 Å². The maximum atomic E-state index is 12.1. The van der Waals surface area contributed by atoms with E-state index in [4.69, 9.17) is 14.2 Å². The zero-order valence-corrected chi connectivity index (χ0v) is 14.3. The van der Waals surface area contributed by atoms with Crippen LogP contribution in [0.15, 0.2) is 48.5 Å². The Kier molecular flexibility index (Phi) is 5.36. The number of hydrogen-bond donors (Lipinski definition) is 1. The van der Waals surface area contributed by atoms with Gasteiger partial charge in [0.1, 0.15) is 0 Å². The summed E-state index contributed by atoms with van der Waals surface area (Å²) in [5.74, 6) is 1.25. The van der Waals surface area contributed by atoms with E-state index < -0.39 is 0 Å². The summed E-state index contributed by atoms with van der Waals surface area (Å²) in [5.41, 5.74) is 3.09. The highest BCUT2D eigenvalue weighted by Crippen LogP contribution is 2.32. The van der Waals surface area contributed by atoms with Gasteiger partial charge in [0.05, 0.1) is 6.10 Å². The molecule has 25 heavy (non-hydrogen) atoms. The van der Waals surface area contributed by atoms with Crippen LogP contribution in [0.1, 0.15) is 22.8 Å². The predicted octanol–water partition coefficient (Wildman–Crippen LogP) is 3.24. The Bertz CT molecular complexity index is 785. The predicted molar refractivity (Wildman–Crippen MR) is 95.5 cm³/mol. The lowest BCUT2D eigenvalue weighted by molar-refractivity contribution is -0.117. The van der Waals surface area contributed by atoms with Crippen molar-refractivity contribution in [1.29, 1.82) is 0 Å². The third-order valence-electron chi connectivity index (χ3n) is 4.11. The number of rotatable bonds is 6. The molecular formula is C20H21NO4. The summed E-state index contributed by atoms with van der Waals surface area (Å²) in [4.78, 5) is 12.1. The van der Waals surface area contributed by atoms with Gasteiger partial charge in [0.15, 0.2) is 11.5 Å². The number of methoxy groups -OCH3 is 1. The van der Waals surface area contributed by atoms with Crippen molar-refractivity contribution in [2.75, 3.05) is 20.4 Å². The lowest BCUT2D eigenvalue weighted by atomic mass is 10.0. The molecule has 1 aliphatic rings. The number of benzene rings is 2. The monoisotopic (exact) mass is 339 g/mol. The SMILES string of the molecule is COC(CNC(=O)/C=C/c1ccc2c(c1)OCO2)c1ccccc1C. The number of amides is 1. The van der Waals surface area contributed by atoms with E-state index in [-0.39, 0.29) is 18.8 Å². The molecule has 1 heterocycles. The molecule has 5 nitrogen and oxygen atoms in total. The van der Waals surface area contributed by atoms with Crippen LogP contribution in [0, 0.1) is 6.92 Å². The molecule has 0 fully saturated rings. The van der Waals surface area contributed by atoms with Crippen molar-refractivity contribution in [2.24, 2.45) is 0 Å². The van der Waals surface area contributed by atoms with Crippen LogP contribution >= 0.6 is 0 Å². The molecule has 2 aromatic rings. The van der Waals surface area contributed by atoms with Crippen molar-refractivity contribution >= 4 is 12.0 Å². The van der Waals surface area contributed by atoms with E-state index in [2.05, 4.69) is 5.32 Å². The molecule has 1 aliphatic heterocycles. The molecule has 1 atom stereocenters. The van der Waals surface area contributed by atoms with Crippen molar-refractivity contribution in [3.8, 4) is 11.5 Å². The van der Waals surface area contributed by atoms with Crippen molar-refractivity contribution in [1.82, 2.24) is 5.32 Å². The fourth-order valence-corrected chi connectivity index (χ4v) is 2.71. The first-order valence-electron chi connectivity index (χ1n) is 8.11. The van der Waals surface area contributed by atoms with Crippen LogP contribution in [-0.4, -0.2) is 26.4 Å². The second-order valence-corrected chi connectivity index (χ2v) is 5.77. The van der Waals surface area contributed by atoms with E-state index in [0.29, 0.717) is 12.3 Å². The smallest absolute Gasteiger partial charge is 0.244 e. The second kappa shape index (κ2) is 7.85. The molecular weight excluding hydrogens is 318 g/mol. The summed E-state index contributed by atoms with van der Waals surface area (Å²) in [5, 5.41) is 2.88. The Labute approximate surface area is 147 Å². The molecule has 0 saturated carbocycles. The maximum Gasteiger partial charge on any atom is 0.244 e. The number of carbonyl (C=O) groups is 1. The number of fused-ring (bicyclic) bond motifs is 1. The summed E-state index contributed by atoms with van der Waals surface area (Å²) in [6, 6.07) is 13.5. The molecule has 2 aromatic carbocycles. The van der Waals surface area contributed by atoms with Crippen molar-refractivity contribution in [3.63, 3.8) is 0 Å². The third-order valence-corrected chi connectivity index (χ3v) is 4.11. The highest BCUT2D eigenvalue weighted by atomic mass is 16.7. The van der Waals surface area contributed by atoms with Gasteiger partial charge in [-0.15, -0.1) is 0 Å². The lowest BCUT2D eigenvalue weighted by Gasteiger charge is -2.18. The van der Waals surface area contributed by atoms with Crippen molar-refractivity contribution in [2.45, 2.75) is 13.0 Å². The standard InChI is InChI=1S/C20H21NO4/c1-14-5-3-4-6-16(14)19(23-2)12-21-20(22)10-8-15-7-9-17-18(11-15)25-13-24-17/h3-11,19H,12-13H2,1-2H3,(H,21,22)/b10-8+. The van der Waals surface area contributed by atoms with E-state index in [1.54, 1.807) is 13.2 Å². The van der Waals surface area contributed by atoms with E-state index in [1.807, 2.05) is 49.4 Å². The highest BCUT2D eigenvalue weighted by molar-refractivity contribution is 5.91. The fourth-order valence-electron chi connectivity index (χ4n) is 2.71. The Hall–Kier alpha value is -2.79. The Balaban J connectivity index is 1.58. The highest BCUT2D eigenvalue weighted by Gasteiger charge is 2.14. The number of nitrogens with one attached hydrogen (secondary N) is 1. The van der Waals surface area contributed by atoms with E-state index in [9.17, 15) is 4.79 Å². The van der Waals surface area contributed by atoms with E-state index in [1.165, 1.54) is 6.08 Å². The van der Waals surface area contributed by atoms with E-state index in [0.717, 1.165) is 22.4 Å². The average Bonchev–Trinajstić information content (AvgIpc) is 3.09. The van der Waals surface area contributed by atoms with Crippen molar-refractivity contribution in [3.05, 3.63) is 65.2 Å². The van der Waals surface area contributed by atoms with Gasteiger partial charge in [0.25, 0.3) is 0 Å². The molecule has 1 N–H and O–H groups in total. The van der Waals surface area contributed by atoms with Crippen LogP contribution in [0.25, 0.3) is 6.08 Å². The number of carbonyl (C=O) groups excluding carboxylic acids is 1. The Morgan fingerprint density at radius 3 is 2.84 bits per heavy atom. The maximum absolute atomic E-state index is 12.1. The lowest BCUT2D eigenvalue weighted by Crippen LogP contribution is -2.27. The number of ether oxygens (including phenoxy) is 3. The minimum absolute atomic E-state index is 0.173. The molecule has 130 valence electrons. The minimum atomic E-state index is -0.177. The van der Waals surface area contributed by atoms with Crippen LogP contribution in [-0.2, 0) is 9.53 Å². The topological polar surface area (TPSA) is 56.8 Å². The molecule has 0 aliphatic carbocycles. The van der Waals surface area contributed by atoms with Gasteiger partial charge in [0.2, 0.25) is 12.7 Å². The summed E-state index contributed by atoms with van der Waals surface area (Å²) < 4.78 is 16.1. The van der Waals surface area contributed by atoms with Crippen LogP contribution in [0.3, 0.4) is 0 Å². The fraction of sp³-hybridized carbons (Fsp3) is 0.250. The summed E-state index contributed by atoms with van der Waals surface area (Å²) in [6.07, 6.45) is 3.07. The van der Waals surface area contributed by atoms with Crippen LogP contribution < -0.4 is 14.8 Å². The second-order valence-electron chi connectivity index (χ2n) is 5.77. The van der Waals surface area contributed by atoms with Crippen LogP contribution in [0.2, 0.25) is 0 Å². The molecule has 0 spiro atoms. The van der Waals surface area contributed by atoms with Gasteiger partial charge in [-0.1, -0.05) is 30.3 Å². The van der Waals surface area contributed by atoms with Gasteiger partial charge in [-0.25, -0.2) is 0 Å². The summed E-state index contributed by atoms with van der Waals surface area (Å²) in [6.45, 7) is 2.68. The first-order chi connectivity index (χ1) is 12.2. The summed E-state index contributed by atoms with van der Waals surface area (Å²) >= 11 is 0. The van der Waals surface area contributed by atoms with Gasteiger partial charge in [-0.3, -0.25) is 4.79 Å². The Morgan fingerprint density at radius 1 is 1.24 bits per heavy atom. The first kappa shape index (κ1) is 17.0. The molecule has 1 amide bonds. The van der Waals surface area contributed by atoms with Crippen molar-refractivity contribution < 1.29 is 19.0 Å². The van der Waals surface area contributed by atoms with Gasteiger partial charge in [-0.2, -0.15) is 0 Å². The molecule has 0 bridgehead atoms. The van der Waals surface area contributed by atoms with Gasteiger partial charge < -0.3 is 19.5 Å². The molecule has 1 unspecified atom stereocenters. The quantitative estimate of drug-likeness (QED) is 0.821. The zero-order valence-electron chi connectivity index (χ0n) is 14.3. The molecule has 0 radical (unpaired) electrons. The number of hydrogen-bond acceptors (Lipinski definition) is 4. The largest absolute Gasteiger partial charge is 0.454 e. The minimum Gasteiger partial charge on any atom is -0.454 e. The van der Waals surface area contributed by atoms with Crippen LogP contribution in [0.5, 0.6) is 11.5 Å². The third kappa shape index (κ3) is 4.19. The molecule has 0 aromatic heterocycles. The first-order valence-corrected chi connectivity index (χ1v) is 8.11. The zero-order chi connectivity index (χ0) is 17.6. The number of aryl methyl sites for hydroxylation is 1. The van der Waals surface area contributed by atoms with Gasteiger partial charge >= 0.3 is 0 Å². The van der Waals surface area contributed by atoms with Gasteiger partial charge in [-0.05, 0) is 41.8 Å². The molecule has 3 rings (SSSR count). The van der Waals surface area contributed by atoms with Gasteiger partial charge in [0, 0.05) is 19.7 Å². The molecule has 0 saturated heterocycles. The average molecular weight is 339 g/mol. The normalized spacial score (nSPS) is 13.8. The summed E-state index contributed by atoms with van der Waals surface area (Å²) in [7, 11) is 1.64. The van der Waals surface area contributed by atoms with E-state index >= 15 is 0 Å². The Morgan fingerprint density at radius 2 is 2.04 bits per heavy atom. The molecule has 5 heteroatoms.